The number of hydrogen-bond donors (Lipinski definition) is 2. The molecule has 2 aromatic carbocycles. The van der Waals surface area contributed by atoms with E-state index in [1.54, 1.807) is 0 Å². The van der Waals surface area contributed by atoms with Crippen molar-refractivity contribution < 1.29 is 14.3 Å². The van der Waals surface area contributed by atoms with Crippen LogP contribution < -0.4 is 14.8 Å². The van der Waals surface area contributed by atoms with E-state index in [-0.39, 0.29) is 11.7 Å². The fourth-order valence-electron chi connectivity index (χ4n) is 2.38. The Morgan fingerprint density at radius 2 is 1.79 bits per heavy atom. The standard InChI is InChI=1S/C20H22N4O3S/c1-2-26-16-8-10-17(11-9-16)27-13-12-21-18(25)14-28-20-22-19(23-24-20)15-6-4-3-5-7-15/h3-11H,2,12-14H2,1H3,(H,21,25)(H,22,23,24). The number of amides is 1. The van der Waals surface area contributed by atoms with E-state index in [4.69, 9.17) is 9.47 Å². The first kappa shape index (κ1) is 19.8. The molecule has 0 saturated carbocycles. The van der Waals surface area contributed by atoms with Gasteiger partial charge in [0.05, 0.1) is 18.9 Å². The molecule has 2 N–H and O–H groups in total. The molecule has 0 unspecified atom stereocenters. The Morgan fingerprint density at radius 3 is 2.50 bits per heavy atom. The van der Waals surface area contributed by atoms with Crippen LogP contribution in [0.1, 0.15) is 6.92 Å². The number of nitrogens with one attached hydrogen (secondary N) is 2. The summed E-state index contributed by atoms with van der Waals surface area (Å²) in [6.45, 7) is 3.39. The van der Waals surface area contributed by atoms with E-state index >= 15 is 0 Å². The minimum atomic E-state index is -0.0913. The lowest BCUT2D eigenvalue weighted by Crippen LogP contribution is -2.29. The predicted octanol–water partition coefficient (Wildman–Crippen LogP) is 3.16. The molecule has 146 valence electrons. The number of carbonyl (C=O) groups excluding carboxylic acids is 1. The van der Waals surface area contributed by atoms with E-state index < -0.39 is 0 Å². The molecule has 0 aliphatic heterocycles. The van der Waals surface area contributed by atoms with Gasteiger partial charge < -0.3 is 14.8 Å². The van der Waals surface area contributed by atoms with Crippen molar-refractivity contribution in [1.82, 2.24) is 20.5 Å². The van der Waals surface area contributed by atoms with Gasteiger partial charge in [0.15, 0.2) is 5.82 Å². The fourth-order valence-corrected chi connectivity index (χ4v) is 3.00. The van der Waals surface area contributed by atoms with Crippen molar-refractivity contribution in [2.24, 2.45) is 0 Å². The topological polar surface area (TPSA) is 89.1 Å². The Morgan fingerprint density at radius 1 is 1.07 bits per heavy atom. The number of aromatic amines is 1. The zero-order chi connectivity index (χ0) is 19.6. The highest BCUT2D eigenvalue weighted by atomic mass is 32.2. The van der Waals surface area contributed by atoms with Crippen molar-refractivity contribution in [3.8, 4) is 22.9 Å². The molecule has 0 aliphatic rings. The van der Waals surface area contributed by atoms with Crippen molar-refractivity contribution in [2.45, 2.75) is 12.1 Å². The number of thioether (sulfide) groups is 1. The van der Waals surface area contributed by atoms with Crippen LogP contribution >= 0.6 is 11.8 Å². The molecule has 1 heterocycles. The first-order valence-corrected chi connectivity index (χ1v) is 9.96. The molecule has 0 atom stereocenters. The van der Waals surface area contributed by atoms with E-state index in [1.165, 1.54) is 11.8 Å². The lowest BCUT2D eigenvalue weighted by atomic mass is 10.2. The molecule has 0 saturated heterocycles. The molecule has 3 aromatic rings. The summed E-state index contributed by atoms with van der Waals surface area (Å²) in [5, 5.41) is 10.4. The van der Waals surface area contributed by atoms with Crippen molar-refractivity contribution in [2.75, 3.05) is 25.5 Å². The quantitative estimate of drug-likeness (QED) is 0.403. The zero-order valence-corrected chi connectivity index (χ0v) is 16.4. The lowest BCUT2D eigenvalue weighted by Gasteiger charge is -2.08. The summed E-state index contributed by atoms with van der Waals surface area (Å²) in [6.07, 6.45) is 0. The molecule has 0 radical (unpaired) electrons. The third-order valence-corrected chi connectivity index (χ3v) is 4.52. The average Bonchev–Trinajstić information content (AvgIpc) is 3.21. The third-order valence-electron chi connectivity index (χ3n) is 3.67. The van der Waals surface area contributed by atoms with E-state index in [0.717, 1.165) is 17.1 Å². The minimum absolute atomic E-state index is 0.0913. The van der Waals surface area contributed by atoms with Gasteiger partial charge in [-0.2, -0.15) is 0 Å². The average molecular weight is 398 g/mol. The Kier molecular flexibility index (Phi) is 7.31. The van der Waals surface area contributed by atoms with Crippen molar-refractivity contribution in [3.63, 3.8) is 0 Å². The summed E-state index contributed by atoms with van der Waals surface area (Å²) < 4.78 is 11.0. The Bertz CT molecular complexity index is 869. The predicted molar refractivity (Wildman–Crippen MR) is 109 cm³/mol. The molecule has 0 spiro atoms. The van der Waals surface area contributed by atoms with E-state index in [1.807, 2.05) is 61.5 Å². The molecule has 1 aromatic heterocycles. The van der Waals surface area contributed by atoms with Gasteiger partial charge in [0.2, 0.25) is 11.1 Å². The summed E-state index contributed by atoms with van der Waals surface area (Å²) in [7, 11) is 0. The number of H-pyrrole nitrogens is 1. The number of rotatable bonds is 10. The monoisotopic (exact) mass is 398 g/mol. The van der Waals surface area contributed by atoms with Gasteiger partial charge in [-0.25, -0.2) is 4.98 Å². The van der Waals surface area contributed by atoms with Gasteiger partial charge >= 0.3 is 0 Å². The molecular weight excluding hydrogens is 376 g/mol. The summed E-state index contributed by atoms with van der Waals surface area (Å²) in [5.41, 5.74) is 0.956. The molecule has 0 aliphatic carbocycles. The number of carbonyl (C=O) groups is 1. The second-order valence-electron chi connectivity index (χ2n) is 5.72. The highest BCUT2D eigenvalue weighted by Gasteiger charge is 2.08. The van der Waals surface area contributed by atoms with Gasteiger partial charge in [-0.3, -0.25) is 9.89 Å². The van der Waals surface area contributed by atoms with Crippen LogP contribution in [-0.2, 0) is 4.79 Å². The first-order chi connectivity index (χ1) is 13.7. The fraction of sp³-hybridized carbons (Fsp3) is 0.250. The molecule has 0 bridgehead atoms. The number of hydrogen-bond acceptors (Lipinski definition) is 6. The van der Waals surface area contributed by atoms with E-state index in [0.29, 0.717) is 30.7 Å². The smallest absolute Gasteiger partial charge is 0.230 e. The van der Waals surface area contributed by atoms with Crippen LogP contribution in [0.2, 0.25) is 0 Å². The van der Waals surface area contributed by atoms with Crippen LogP contribution in [0, 0.1) is 0 Å². The van der Waals surface area contributed by atoms with Gasteiger partial charge in [-0.1, -0.05) is 42.1 Å². The van der Waals surface area contributed by atoms with Crippen LogP contribution in [0.25, 0.3) is 11.4 Å². The third kappa shape index (κ3) is 6.02. The number of benzene rings is 2. The van der Waals surface area contributed by atoms with Crippen molar-refractivity contribution >= 4 is 17.7 Å². The highest BCUT2D eigenvalue weighted by molar-refractivity contribution is 7.99. The van der Waals surface area contributed by atoms with Crippen molar-refractivity contribution in [1.29, 1.82) is 0 Å². The van der Waals surface area contributed by atoms with Gasteiger partial charge in [-0.15, -0.1) is 5.10 Å². The van der Waals surface area contributed by atoms with Gasteiger partial charge in [0.1, 0.15) is 18.1 Å². The minimum Gasteiger partial charge on any atom is -0.494 e. The van der Waals surface area contributed by atoms with Crippen molar-refractivity contribution in [3.05, 3.63) is 54.6 Å². The lowest BCUT2D eigenvalue weighted by molar-refractivity contribution is -0.118. The largest absolute Gasteiger partial charge is 0.494 e. The van der Waals surface area contributed by atoms with Crippen LogP contribution in [0.4, 0.5) is 0 Å². The Hall–Kier alpha value is -3.00. The van der Waals surface area contributed by atoms with Crippen LogP contribution in [0.15, 0.2) is 59.8 Å². The van der Waals surface area contributed by atoms with Crippen LogP contribution in [0.3, 0.4) is 0 Å². The number of aromatic nitrogens is 3. The molecule has 3 rings (SSSR count). The molecule has 0 fully saturated rings. The Balaban J connectivity index is 1.34. The maximum absolute atomic E-state index is 12.0. The van der Waals surface area contributed by atoms with Gasteiger partial charge in [0, 0.05) is 5.56 Å². The molecular formula is C20H22N4O3S. The van der Waals surface area contributed by atoms with Gasteiger partial charge in [0.25, 0.3) is 0 Å². The summed E-state index contributed by atoms with van der Waals surface area (Å²) in [6, 6.07) is 17.1. The highest BCUT2D eigenvalue weighted by Crippen LogP contribution is 2.19. The normalized spacial score (nSPS) is 10.5. The number of ether oxygens (including phenoxy) is 2. The molecule has 7 nitrogen and oxygen atoms in total. The summed E-state index contributed by atoms with van der Waals surface area (Å²) in [4.78, 5) is 16.3. The van der Waals surface area contributed by atoms with Crippen LogP contribution in [-0.4, -0.2) is 46.6 Å². The van der Waals surface area contributed by atoms with Crippen LogP contribution in [0.5, 0.6) is 11.5 Å². The maximum Gasteiger partial charge on any atom is 0.230 e. The maximum atomic E-state index is 12.0. The summed E-state index contributed by atoms with van der Waals surface area (Å²) in [5.74, 6) is 2.39. The molecule has 1 amide bonds. The second-order valence-corrected chi connectivity index (χ2v) is 6.67. The van der Waals surface area contributed by atoms with E-state index in [2.05, 4.69) is 20.5 Å². The molecule has 28 heavy (non-hydrogen) atoms. The van der Waals surface area contributed by atoms with E-state index in [9.17, 15) is 4.79 Å². The summed E-state index contributed by atoms with van der Waals surface area (Å²) >= 11 is 1.28. The SMILES string of the molecule is CCOc1ccc(OCCNC(=O)CSc2n[nH]c(-c3ccccc3)n2)cc1. The first-order valence-electron chi connectivity index (χ1n) is 8.97. The molecule has 8 heteroatoms. The van der Waals surface area contributed by atoms with Gasteiger partial charge in [-0.05, 0) is 31.2 Å². The zero-order valence-electron chi connectivity index (χ0n) is 15.6. The second kappa shape index (κ2) is 10.4. The Labute approximate surface area is 167 Å². The number of nitrogens with zero attached hydrogens (tertiary/aromatic N) is 2.